The molecule has 0 radical (unpaired) electrons. The smallest absolute Gasteiger partial charge is 0.0587 e. The first-order valence-corrected chi connectivity index (χ1v) is 6.00. The number of allylic oxidation sites excluding steroid dienone is 1. The van der Waals surface area contributed by atoms with E-state index in [9.17, 15) is 0 Å². The Labute approximate surface area is 104 Å². The number of nitrogens with zero attached hydrogens (tertiary/aromatic N) is 2. The summed E-state index contributed by atoms with van der Waals surface area (Å²) in [5, 5.41) is 7.72. The molecule has 1 N–H and O–H groups in total. The van der Waals surface area contributed by atoms with Crippen LogP contribution in [0.4, 0.5) is 0 Å². The summed E-state index contributed by atoms with van der Waals surface area (Å²) in [7, 11) is 1.71. The number of ether oxygens (including phenoxy) is 1. The molecule has 1 rings (SSSR count). The lowest BCUT2D eigenvalue weighted by Gasteiger charge is -2.06. The van der Waals surface area contributed by atoms with E-state index in [2.05, 4.69) is 23.9 Å². The molecule has 1 heterocycles. The van der Waals surface area contributed by atoms with Crippen LogP contribution in [0.2, 0.25) is 0 Å². The van der Waals surface area contributed by atoms with E-state index in [0.717, 1.165) is 32.7 Å². The summed E-state index contributed by atoms with van der Waals surface area (Å²) >= 11 is 0. The molecule has 1 aromatic heterocycles. The van der Waals surface area contributed by atoms with Gasteiger partial charge in [-0.3, -0.25) is 4.68 Å². The van der Waals surface area contributed by atoms with Gasteiger partial charge in [0.15, 0.2) is 0 Å². The van der Waals surface area contributed by atoms with E-state index in [1.807, 2.05) is 17.8 Å². The summed E-state index contributed by atoms with van der Waals surface area (Å²) < 4.78 is 7.03. The van der Waals surface area contributed by atoms with Crippen molar-refractivity contribution in [1.29, 1.82) is 0 Å². The first-order valence-electron chi connectivity index (χ1n) is 6.00. The van der Waals surface area contributed by atoms with Crippen LogP contribution in [0.3, 0.4) is 0 Å². The molecule has 0 spiro atoms. The molecule has 0 atom stereocenters. The third-order valence-corrected chi connectivity index (χ3v) is 2.75. The molecule has 0 bridgehead atoms. The van der Waals surface area contributed by atoms with Crippen LogP contribution in [-0.4, -0.2) is 30.0 Å². The van der Waals surface area contributed by atoms with Gasteiger partial charge in [0, 0.05) is 38.0 Å². The molecule has 96 valence electrons. The summed E-state index contributed by atoms with van der Waals surface area (Å²) in [5.74, 6) is 0. The number of methoxy groups -OCH3 is 1. The van der Waals surface area contributed by atoms with Crippen molar-refractivity contribution in [1.82, 2.24) is 15.1 Å². The fourth-order valence-electron chi connectivity index (χ4n) is 1.58. The van der Waals surface area contributed by atoms with Crippen LogP contribution in [0.25, 0.3) is 0 Å². The molecule has 0 saturated heterocycles. The Bertz CT molecular complexity index is 358. The van der Waals surface area contributed by atoms with Gasteiger partial charge in [-0.25, -0.2) is 0 Å². The van der Waals surface area contributed by atoms with Crippen LogP contribution in [0.15, 0.2) is 18.3 Å². The first kappa shape index (κ1) is 13.9. The quantitative estimate of drug-likeness (QED) is 0.554. The lowest BCUT2D eigenvalue weighted by Crippen LogP contribution is -2.18. The molecule has 0 aliphatic rings. The number of aryl methyl sites for hydroxylation is 1. The zero-order valence-electron chi connectivity index (χ0n) is 11.1. The molecule has 0 fully saturated rings. The van der Waals surface area contributed by atoms with E-state index in [1.54, 1.807) is 7.11 Å². The van der Waals surface area contributed by atoms with Gasteiger partial charge in [0.2, 0.25) is 0 Å². The SMILES string of the molecule is C=C(C)CCn1ncc(CNCCOC)c1C. The standard InChI is InChI=1S/C13H23N3O/c1-11(2)5-7-16-12(3)13(10-15-16)9-14-6-8-17-4/h10,14H,1,5-9H2,2-4H3. The van der Waals surface area contributed by atoms with Gasteiger partial charge in [-0.1, -0.05) is 5.57 Å². The van der Waals surface area contributed by atoms with Crippen molar-refractivity contribution in [3.05, 3.63) is 29.6 Å². The lowest BCUT2D eigenvalue weighted by molar-refractivity contribution is 0.199. The highest BCUT2D eigenvalue weighted by molar-refractivity contribution is 5.15. The zero-order valence-corrected chi connectivity index (χ0v) is 11.1. The van der Waals surface area contributed by atoms with Gasteiger partial charge in [-0.15, -0.1) is 6.58 Å². The van der Waals surface area contributed by atoms with Gasteiger partial charge in [-0.2, -0.15) is 5.10 Å². The predicted octanol–water partition coefficient (Wildman–Crippen LogP) is 1.89. The van der Waals surface area contributed by atoms with E-state index in [0.29, 0.717) is 0 Å². The van der Waals surface area contributed by atoms with E-state index < -0.39 is 0 Å². The molecular weight excluding hydrogens is 214 g/mol. The van der Waals surface area contributed by atoms with Gasteiger partial charge in [0.25, 0.3) is 0 Å². The van der Waals surface area contributed by atoms with Gasteiger partial charge < -0.3 is 10.1 Å². The molecule has 0 unspecified atom stereocenters. The average molecular weight is 237 g/mol. The maximum Gasteiger partial charge on any atom is 0.0587 e. The number of rotatable bonds is 8. The number of nitrogens with one attached hydrogen (secondary N) is 1. The molecule has 0 aliphatic heterocycles. The zero-order chi connectivity index (χ0) is 12.7. The molecule has 0 amide bonds. The topological polar surface area (TPSA) is 39.1 Å². The van der Waals surface area contributed by atoms with Crippen LogP contribution in [0, 0.1) is 6.92 Å². The van der Waals surface area contributed by atoms with Crippen LogP contribution >= 0.6 is 0 Å². The van der Waals surface area contributed by atoms with Crippen molar-refractivity contribution in [2.24, 2.45) is 0 Å². The second kappa shape index (κ2) is 7.25. The number of hydrogen-bond donors (Lipinski definition) is 1. The Hall–Kier alpha value is -1.13. The van der Waals surface area contributed by atoms with Crippen LogP contribution in [0.1, 0.15) is 24.6 Å². The summed E-state index contributed by atoms with van der Waals surface area (Å²) in [5.41, 5.74) is 3.68. The predicted molar refractivity (Wildman–Crippen MR) is 70.0 cm³/mol. The fourth-order valence-corrected chi connectivity index (χ4v) is 1.58. The van der Waals surface area contributed by atoms with Gasteiger partial charge in [0.05, 0.1) is 12.8 Å². The summed E-state index contributed by atoms with van der Waals surface area (Å²) in [6, 6.07) is 0. The maximum atomic E-state index is 4.99. The van der Waals surface area contributed by atoms with Gasteiger partial charge in [-0.05, 0) is 20.3 Å². The Kier molecular flexibility index (Phi) is 5.94. The molecule has 1 aromatic rings. The summed E-state index contributed by atoms with van der Waals surface area (Å²) in [4.78, 5) is 0. The monoisotopic (exact) mass is 237 g/mol. The minimum Gasteiger partial charge on any atom is -0.383 e. The molecule has 0 aliphatic carbocycles. The number of aromatic nitrogens is 2. The average Bonchev–Trinajstić information content (AvgIpc) is 2.63. The molecule has 0 saturated carbocycles. The van der Waals surface area contributed by atoms with Crippen molar-refractivity contribution in [3.63, 3.8) is 0 Å². The molecule has 17 heavy (non-hydrogen) atoms. The van der Waals surface area contributed by atoms with Crippen molar-refractivity contribution < 1.29 is 4.74 Å². The second-order valence-corrected chi connectivity index (χ2v) is 4.36. The van der Waals surface area contributed by atoms with E-state index in [-0.39, 0.29) is 0 Å². The molecule has 4 heteroatoms. The summed E-state index contributed by atoms with van der Waals surface area (Å²) in [6.45, 7) is 11.4. The van der Waals surface area contributed by atoms with Gasteiger partial charge in [0.1, 0.15) is 0 Å². The van der Waals surface area contributed by atoms with Crippen molar-refractivity contribution in [2.75, 3.05) is 20.3 Å². The first-order chi connectivity index (χ1) is 8.15. The van der Waals surface area contributed by atoms with Gasteiger partial charge >= 0.3 is 0 Å². The van der Waals surface area contributed by atoms with Crippen LogP contribution in [0.5, 0.6) is 0 Å². The van der Waals surface area contributed by atoms with Crippen molar-refractivity contribution in [2.45, 2.75) is 33.4 Å². The highest BCUT2D eigenvalue weighted by Gasteiger charge is 2.05. The minimum absolute atomic E-state index is 0.739. The normalized spacial score (nSPS) is 10.8. The Morgan fingerprint density at radius 3 is 3.00 bits per heavy atom. The maximum absolute atomic E-state index is 4.99. The van der Waals surface area contributed by atoms with Crippen LogP contribution < -0.4 is 5.32 Å². The number of hydrogen-bond acceptors (Lipinski definition) is 3. The van der Waals surface area contributed by atoms with E-state index in [4.69, 9.17) is 4.74 Å². The third-order valence-electron chi connectivity index (χ3n) is 2.75. The Balaban J connectivity index is 2.43. The second-order valence-electron chi connectivity index (χ2n) is 4.36. The lowest BCUT2D eigenvalue weighted by atomic mass is 10.2. The minimum atomic E-state index is 0.739. The molecule has 4 nitrogen and oxygen atoms in total. The fraction of sp³-hybridized carbons (Fsp3) is 0.615. The largest absolute Gasteiger partial charge is 0.383 e. The third kappa shape index (κ3) is 4.71. The Morgan fingerprint density at radius 2 is 2.35 bits per heavy atom. The Morgan fingerprint density at radius 1 is 1.59 bits per heavy atom. The van der Waals surface area contributed by atoms with Crippen molar-refractivity contribution in [3.8, 4) is 0 Å². The summed E-state index contributed by atoms with van der Waals surface area (Å²) in [6.07, 6.45) is 2.92. The highest BCUT2D eigenvalue weighted by atomic mass is 16.5. The van der Waals surface area contributed by atoms with Crippen LogP contribution in [-0.2, 0) is 17.8 Å². The molecule has 0 aromatic carbocycles. The van der Waals surface area contributed by atoms with E-state index in [1.165, 1.54) is 16.8 Å². The highest BCUT2D eigenvalue weighted by Crippen LogP contribution is 2.09. The molecular formula is C13H23N3O. The van der Waals surface area contributed by atoms with Crippen molar-refractivity contribution >= 4 is 0 Å². The van der Waals surface area contributed by atoms with E-state index >= 15 is 0 Å².